The largest absolute Gasteiger partial charge is 0.365 e. The Labute approximate surface area is 147 Å². The number of hydrogen-bond acceptors (Lipinski definition) is 6. The minimum Gasteiger partial charge on any atom is -0.365 e. The van der Waals surface area contributed by atoms with Gasteiger partial charge in [-0.25, -0.2) is 0 Å². The van der Waals surface area contributed by atoms with E-state index in [0.29, 0.717) is 12.5 Å². The van der Waals surface area contributed by atoms with Crippen LogP contribution in [-0.4, -0.2) is 31.8 Å². The molecule has 3 aromatic rings. The van der Waals surface area contributed by atoms with Crippen molar-refractivity contribution >= 4 is 22.8 Å². The quantitative estimate of drug-likeness (QED) is 0.662. The summed E-state index contributed by atoms with van der Waals surface area (Å²) in [6.07, 6.45) is 1.78. The van der Waals surface area contributed by atoms with Crippen LogP contribution in [0.15, 0.2) is 36.5 Å². The maximum absolute atomic E-state index is 6.25. The molecule has 7 nitrogen and oxygen atoms in total. The number of anilines is 2. The fraction of sp³-hybridized carbons (Fsp3) is 0.389. The molecule has 25 heavy (non-hydrogen) atoms. The van der Waals surface area contributed by atoms with Crippen LogP contribution in [0, 0.1) is 0 Å². The minimum atomic E-state index is -0.133. The lowest BCUT2D eigenvalue weighted by atomic mass is 10.1. The molecule has 2 aromatic heterocycles. The first kappa shape index (κ1) is 17.2. The van der Waals surface area contributed by atoms with Crippen molar-refractivity contribution in [3.05, 3.63) is 42.1 Å². The monoisotopic (exact) mass is 339 g/mol. The first-order valence-electron chi connectivity index (χ1n) is 8.36. The van der Waals surface area contributed by atoms with E-state index >= 15 is 0 Å². The molecule has 0 bridgehead atoms. The zero-order valence-corrected chi connectivity index (χ0v) is 15.1. The van der Waals surface area contributed by atoms with E-state index in [1.807, 2.05) is 37.4 Å². The molecule has 1 atom stereocenters. The number of hydrogen-bond donors (Lipinski definition) is 3. The first-order chi connectivity index (χ1) is 11.8. The van der Waals surface area contributed by atoms with E-state index in [1.54, 1.807) is 10.9 Å². The maximum atomic E-state index is 6.25. The highest BCUT2D eigenvalue weighted by molar-refractivity contribution is 5.87. The molecule has 3 rings (SSSR count). The van der Waals surface area contributed by atoms with Crippen molar-refractivity contribution in [2.24, 2.45) is 12.8 Å². The summed E-state index contributed by atoms with van der Waals surface area (Å²) in [5, 5.41) is 11.9. The van der Waals surface area contributed by atoms with Crippen LogP contribution in [0.5, 0.6) is 0 Å². The topological polar surface area (TPSA) is 93.7 Å². The molecule has 0 fully saturated rings. The number of benzene rings is 1. The summed E-state index contributed by atoms with van der Waals surface area (Å²) in [5.74, 6) is 1.30. The highest BCUT2D eigenvalue weighted by Gasteiger charge is 2.17. The van der Waals surface area contributed by atoms with Gasteiger partial charge in [0.25, 0.3) is 0 Å². The molecule has 4 N–H and O–H groups in total. The number of rotatable bonds is 5. The van der Waals surface area contributed by atoms with Crippen LogP contribution in [0.2, 0.25) is 0 Å². The van der Waals surface area contributed by atoms with Gasteiger partial charge < -0.3 is 16.4 Å². The Balaban J connectivity index is 1.85. The van der Waals surface area contributed by atoms with Crippen LogP contribution >= 0.6 is 0 Å². The third-order valence-electron chi connectivity index (χ3n) is 3.79. The van der Waals surface area contributed by atoms with Gasteiger partial charge in [-0.3, -0.25) is 4.68 Å². The number of aryl methyl sites for hydroxylation is 1. The molecule has 0 radical (unpaired) electrons. The van der Waals surface area contributed by atoms with Gasteiger partial charge in [0.15, 0.2) is 5.65 Å². The Hall–Kier alpha value is -2.67. The van der Waals surface area contributed by atoms with Crippen LogP contribution in [0.4, 0.5) is 11.8 Å². The molecule has 132 valence electrons. The third kappa shape index (κ3) is 4.06. The van der Waals surface area contributed by atoms with Crippen molar-refractivity contribution in [1.82, 2.24) is 19.7 Å². The average molecular weight is 339 g/mol. The van der Waals surface area contributed by atoms with E-state index in [9.17, 15) is 0 Å². The lowest BCUT2D eigenvalue weighted by Crippen LogP contribution is -2.27. The lowest BCUT2D eigenvalue weighted by Gasteiger charge is -2.22. The van der Waals surface area contributed by atoms with Gasteiger partial charge >= 0.3 is 0 Å². The fourth-order valence-electron chi connectivity index (χ4n) is 2.57. The lowest BCUT2D eigenvalue weighted by molar-refractivity contribution is 0.631. The van der Waals surface area contributed by atoms with Crippen molar-refractivity contribution in [3.63, 3.8) is 0 Å². The Morgan fingerprint density at radius 3 is 2.56 bits per heavy atom. The smallest absolute Gasteiger partial charge is 0.226 e. The molecule has 1 unspecified atom stereocenters. The van der Waals surface area contributed by atoms with Gasteiger partial charge in [0.05, 0.1) is 11.6 Å². The molecular weight excluding hydrogens is 314 g/mol. The molecule has 0 saturated heterocycles. The standard InChI is InChI=1S/C18H25N7/c1-18(2,3)24-15-13-10-21-25(4)16(13)23-17(22-15)20-11-14(19)12-8-6-5-7-9-12/h5-10,14H,11,19H2,1-4H3,(H2,20,22,23,24). The third-order valence-corrected chi connectivity index (χ3v) is 3.79. The van der Waals surface area contributed by atoms with Crippen LogP contribution < -0.4 is 16.4 Å². The van der Waals surface area contributed by atoms with E-state index in [2.05, 4.69) is 46.5 Å². The maximum Gasteiger partial charge on any atom is 0.226 e. The zero-order valence-electron chi connectivity index (χ0n) is 15.1. The van der Waals surface area contributed by atoms with Crippen molar-refractivity contribution in [2.75, 3.05) is 17.2 Å². The van der Waals surface area contributed by atoms with Crippen molar-refractivity contribution in [1.29, 1.82) is 0 Å². The second-order valence-electron chi connectivity index (χ2n) is 7.17. The number of nitrogens with zero attached hydrogens (tertiary/aromatic N) is 4. The van der Waals surface area contributed by atoms with Crippen molar-refractivity contribution in [3.8, 4) is 0 Å². The van der Waals surface area contributed by atoms with Crippen LogP contribution in [0.3, 0.4) is 0 Å². The summed E-state index contributed by atoms with van der Waals surface area (Å²) in [7, 11) is 1.87. The molecule has 0 saturated carbocycles. The molecule has 7 heteroatoms. The molecule has 0 amide bonds. The van der Waals surface area contributed by atoms with Crippen LogP contribution in [-0.2, 0) is 7.05 Å². The SMILES string of the molecule is Cn1ncc2c(NC(C)(C)C)nc(NCC(N)c3ccccc3)nc21. The summed E-state index contributed by atoms with van der Waals surface area (Å²) < 4.78 is 1.74. The predicted octanol–water partition coefficient (Wildman–Crippen LogP) is 2.69. The summed E-state index contributed by atoms with van der Waals surface area (Å²) >= 11 is 0. The Bertz CT molecular complexity index is 849. The second kappa shape index (κ2) is 6.68. The highest BCUT2D eigenvalue weighted by atomic mass is 15.3. The number of aromatic nitrogens is 4. The zero-order chi connectivity index (χ0) is 18.0. The second-order valence-corrected chi connectivity index (χ2v) is 7.17. The van der Waals surface area contributed by atoms with Crippen LogP contribution in [0.25, 0.3) is 11.0 Å². The Kier molecular flexibility index (Phi) is 4.59. The van der Waals surface area contributed by atoms with Crippen molar-refractivity contribution < 1.29 is 0 Å². The van der Waals surface area contributed by atoms with E-state index < -0.39 is 0 Å². The summed E-state index contributed by atoms with van der Waals surface area (Å²) in [6.45, 7) is 6.82. The number of fused-ring (bicyclic) bond motifs is 1. The molecule has 2 heterocycles. The van der Waals surface area contributed by atoms with Gasteiger partial charge in [-0.05, 0) is 26.3 Å². The van der Waals surface area contributed by atoms with E-state index in [-0.39, 0.29) is 11.6 Å². The first-order valence-corrected chi connectivity index (χ1v) is 8.36. The molecule has 0 aliphatic rings. The number of nitrogens with two attached hydrogens (primary N) is 1. The van der Waals surface area contributed by atoms with Gasteiger partial charge in [-0.2, -0.15) is 15.1 Å². The van der Waals surface area contributed by atoms with Crippen molar-refractivity contribution in [2.45, 2.75) is 32.4 Å². The molecule has 0 spiro atoms. The predicted molar refractivity (Wildman–Crippen MR) is 102 cm³/mol. The van der Waals surface area contributed by atoms with E-state index in [4.69, 9.17) is 5.73 Å². The van der Waals surface area contributed by atoms with Gasteiger partial charge in [0.1, 0.15) is 5.82 Å². The number of nitrogens with one attached hydrogen (secondary N) is 2. The van der Waals surface area contributed by atoms with Gasteiger partial charge in [0, 0.05) is 25.2 Å². The Morgan fingerprint density at radius 2 is 1.88 bits per heavy atom. The summed E-state index contributed by atoms with van der Waals surface area (Å²) in [5.41, 5.74) is 7.99. The minimum absolute atomic E-state index is 0.116. The van der Waals surface area contributed by atoms with E-state index in [0.717, 1.165) is 22.4 Å². The molecule has 0 aliphatic heterocycles. The van der Waals surface area contributed by atoms with E-state index in [1.165, 1.54) is 0 Å². The molecule has 1 aromatic carbocycles. The molecule has 0 aliphatic carbocycles. The van der Waals surface area contributed by atoms with Gasteiger partial charge in [-0.15, -0.1) is 0 Å². The fourth-order valence-corrected chi connectivity index (χ4v) is 2.57. The Morgan fingerprint density at radius 1 is 1.16 bits per heavy atom. The highest BCUT2D eigenvalue weighted by Crippen LogP contribution is 2.24. The average Bonchev–Trinajstić information content (AvgIpc) is 2.94. The summed E-state index contributed by atoms with van der Waals surface area (Å²) in [4.78, 5) is 9.20. The molecular formula is C18H25N7. The normalized spacial score (nSPS) is 13.0. The van der Waals surface area contributed by atoms with Gasteiger partial charge in [0.2, 0.25) is 5.95 Å². The van der Waals surface area contributed by atoms with Gasteiger partial charge in [-0.1, -0.05) is 30.3 Å². The summed E-state index contributed by atoms with van der Waals surface area (Å²) in [6, 6.07) is 9.85. The van der Waals surface area contributed by atoms with Crippen LogP contribution in [0.1, 0.15) is 32.4 Å².